The zero-order valence-corrected chi connectivity index (χ0v) is 20.1. The highest BCUT2D eigenvalue weighted by molar-refractivity contribution is 5.64. The summed E-state index contributed by atoms with van der Waals surface area (Å²) in [4.78, 5) is 9.09. The third-order valence-electron chi connectivity index (χ3n) is 5.99. The highest BCUT2D eigenvalue weighted by Gasteiger charge is 2.07. The topological polar surface area (TPSA) is 35.0 Å². The van der Waals surface area contributed by atoms with Crippen LogP contribution in [0.15, 0.2) is 60.9 Å². The van der Waals surface area contributed by atoms with Gasteiger partial charge >= 0.3 is 0 Å². The number of rotatable bonds is 14. The van der Waals surface area contributed by atoms with Crippen molar-refractivity contribution < 1.29 is 9.13 Å². The van der Waals surface area contributed by atoms with Crippen LogP contribution in [0.3, 0.4) is 0 Å². The van der Waals surface area contributed by atoms with Crippen LogP contribution in [-0.4, -0.2) is 22.7 Å². The Labute approximate surface area is 198 Å². The van der Waals surface area contributed by atoms with E-state index in [0.717, 1.165) is 23.1 Å². The van der Waals surface area contributed by atoms with Gasteiger partial charge in [-0.3, -0.25) is 0 Å². The first-order chi connectivity index (χ1) is 16.2. The van der Waals surface area contributed by atoms with E-state index in [2.05, 4.69) is 41.2 Å². The molecule has 0 fully saturated rings. The summed E-state index contributed by atoms with van der Waals surface area (Å²) in [6.45, 7) is 4.15. The van der Waals surface area contributed by atoms with Crippen molar-refractivity contribution in [1.29, 1.82) is 0 Å². The van der Waals surface area contributed by atoms with Gasteiger partial charge in [0.15, 0.2) is 5.82 Å². The molecule has 0 spiro atoms. The maximum Gasteiger partial charge on any atom is 0.159 e. The number of aryl methyl sites for hydroxylation is 1. The van der Waals surface area contributed by atoms with Crippen molar-refractivity contribution in [1.82, 2.24) is 9.97 Å². The average Bonchev–Trinajstić information content (AvgIpc) is 2.87. The molecule has 1 heterocycles. The molecule has 0 bridgehead atoms. The maximum atomic E-state index is 13.3. The molecule has 33 heavy (non-hydrogen) atoms. The molecule has 176 valence electrons. The molecule has 1 atom stereocenters. The monoisotopic (exact) mass is 448 g/mol. The zero-order valence-electron chi connectivity index (χ0n) is 20.1. The van der Waals surface area contributed by atoms with Crippen molar-refractivity contribution in [2.75, 3.05) is 6.61 Å². The molecule has 0 aliphatic rings. The van der Waals surface area contributed by atoms with Crippen molar-refractivity contribution in [2.45, 2.75) is 77.8 Å². The van der Waals surface area contributed by atoms with Gasteiger partial charge in [-0.05, 0) is 54.7 Å². The number of aromatic nitrogens is 2. The highest BCUT2D eigenvalue weighted by Crippen LogP contribution is 2.23. The van der Waals surface area contributed by atoms with Crippen molar-refractivity contribution in [3.8, 4) is 28.3 Å². The Balaban J connectivity index is 1.49. The SMILES string of the molecule is CCCCCCCCCc1ccc(-c2cnc(-c3ccc(OCC(F)CC)cc3)nc2)cc1. The van der Waals surface area contributed by atoms with Gasteiger partial charge < -0.3 is 4.74 Å². The molecular weight excluding hydrogens is 411 g/mol. The molecule has 3 rings (SSSR count). The molecule has 2 aromatic carbocycles. The first-order valence-electron chi connectivity index (χ1n) is 12.5. The minimum Gasteiger partial charge on any atom is -0.491 e. The van der Waals surface area contributed by atoms with Crippen LogP contribution >= 0.6 is 0 Å². The Morgan fingerprint density at radius 1 is 0.727 bits per heavy atom. The Morgan fingerprint density at radius 3 is 1.97 bits per heavy atom. The number of benzene rings is 2. The lowest BCUT2D eigenvalue weighted by atomic mass is 10.0. The lowest BCUT2D eigenvalue weighted by Gasteiger charge is -2.09. The Morgan fingerprint density at radius 2 is 1.33 bits per heavy atom. The number of hydrogen-bond acceptors (Lipinski definition) is 3. The Bertz CT molecular complexity index is 923. The van der Waals surface area contributed by atoms with Crippen LogP contribution in [0.4, 0.5) is 4.39 Å². The van der Waals surface area contributed by atoms with E-state index >= 15 is 0 Å². The standard InChI is InChI=1S/C29H37FN2O/c1-3-5-6-7-8-9-10-11-23-12-14-24(15-13-23)26-20-31-29(32-21-26)25-16-18-28(19-17-25)33-22-27(30)4-2/h12-21,27H,3-11,22H2,1-2H3. The van der Waals surface area contributed by atoms with Gasteiger partial charge in [0.05, 0.1) is 0 Å². The maximum absolute atomic E-state index is 13.3. The zero-order chi connectivity index (χ0) is 23.3. The quantitative estimate of drug-likeness (QED) is 0.233. The summed E-state index contributed by atoms with van der Waals surface area (Å²) >= 11 is 0. The van der Waals surface area contributed by atoms with Gasteiger partial charge in [-0.25, -0.2) is 14.4 Å². The smallest absolute Gasteiger partial charge is 0.159 e. The second-order valence-electron chi connectivity index (χ2n) is 8.70. The summed E-state index contributed by atoms with van der Waals surface area (Å²) in [7, 11) is 0. The molecular formula is C29H37FN2O. The van der Waals surface area contributed by atoms with Gasteiger partial charge in [-0.1, -0.05) is 76.6 Å². The third kappa shape index (κ3) is 8.27. The van der Waals surface area contributed by atoms with Crippen LogP contribution < -0.4 is 4.74 Å². The Kier molecular flexibility index (Phi) is 10.3. The lowest BCUT2D eigenvalue weighted by molar-refractivity contribution is 0.192. The number of ether oxygens (including phenoxy) is 1. The van der Waals surface area contributed by atoms with Crippen LogP contribution in [0.1, 0.15) is 70.8 Å². The number of nitrogens with zero attached hydrogens (tertiary/aromatic N) is 2. The second-order valence-corrected chi connectivity index (χ2v) is 8.70. The van der Waals surface area contributed by atoms with Gasteiger partial charge in [0.2, 0.25) is 0 Å². The molecule has 0 amide bonds. The van der Waals surface area contributed by atoms with Crippen molar-refractivity contribution in [2.24, 2.45) is 0 Å². The van der Waals surface area contributed by atoms with E-state index in [-0.39, 0.29) is 6.61 Å². The number of hydrogen-bond donors (Lipinski definition) is 0. The minimum atomic E-state index is -0.935. The van der Waals surface area contributed by atoms with Gasteiger partial charge in [0.1, 0.15) is 18.5 Å². The lowest BCUT2D eigenvalue weighted by Crippen LogP contribution is -2.11. The van der Waals surface area contributed by atoms with E-state index in [9.17, 15) is 4.39 Å². The predicted octanol–water partition coefficient (Wildman–Crippen LogP) is 8.23. The van der Waals surface area contributed by atoms with Crippen LogP contribution in [0, 0.1) is 0 Å². The summed E-state index contributed by atoms with van der Waals surface area (Å²) < 4.78 is 18.8. The molecule has 0 aliphatic heterocycles. The second kappa shape index (κ2) is 13.7. The summed E-state index contributed by atoms with van der Waals surface area (Å²) in [5.74, 6) is 1.32. The Hall–Kier alpha value is -2.75. The fourth-order valence-corrected chi connectivity index (χ4v) is 3.78. The molecule has 0 radical (unpaired) electrons. The van der Waals surface area contributed by atoms with Crippen molar-refractivity contribution >= 4 is 0 Å². The largest absolute Gasteiger partial charge is 0.491 e. The van der Waals surface area contributed by atoms with Crippen LogP contribution in [0.2, 0.25) is 0 Å². The molecule has 4 heteroatoms. The molecule has 0 saturated heterocycles. The summed E-state index contributed by atoms with van der Waals surface area (Å²) in [5.41, 5.74) is 4.44. The summed E-state index contributed by atoms with van der Waals surface area (Å²) in [5, 5.41) is 0. The van der Waals surface area contributed by atoms with E-state index in [1.165, 1.54) is 50.5 Å². The summed E-state index contributed by atoms with van der Waals surface area (Å²) in [6, 6.07) is 16.2. The number of unbranched alkanes of at least 4 members (excludes halogenated alkanes) is 6. The van der Waals surface area contributed by atoms with Gasteiger partial charge in [0, 0.05) is 23.5 Å². The molecule has 1 unspecified atom stereocenters. The molecule has 3 nitrogen and oxygen atoms in total. The number of alkyl halides is 1. The van der Waals surface area contributed by atoms with E-state index in [4.69, 9.17) is 4.74 Å². The van der Waals surface area contributed by atoms with E-state index < -0.39 is 6.17 Å². The highest BCUT2D eigenvalue weighted by atomic mass is 19.1. The van der Waals surface area contributed by atoms with Crippen LogP contribution in [0.5, 0.6) is 5.75 Å². The number of halogens is 1. The predicted molar refractivity (Wildman–Crippen MR) is 135 cm³/mol. The molecule has 0 saturated carbocycles. The van der Waals surface area contributed by atoms with E-state index in [0.29, 0.717) is 18.0 Å². The van der Waals surface area contributed by atoms with Crippen LogP contribution in [-0.2, 0) is 6.42 Å². The van der Waals surface area contributed by atoms with Crippen LogP contribution in [0.25, 0.3) is 22.5 Å². The fraction of sp³-hybridized carbons (Fsp3) is 0.448. The third-order valence-corrected chi connectivity index (χ3v) is 5.99. The molecule has 1 aromatic heterocycles. The fourth-order valence-electron chi connectivity index (χ4n) is 3.78. The van der Waals surface area contributed by atoms with E-state index in [1.54, 1.807) is 0 Å². The molecule has 0 N–H and O–H groups in total. The van der Waals surface area contributed by atoms with E-state index in [1.807, 2.05) is 43.6 Å². The van der Waals surface area contributed by atoms with Gasteiger partial charge in [-0.15, -0.1) is 0 Å². The van der Waals surface area contributed by atoms with Gasteiger partial charge in [0.25, 0.3) is 0 Å². The first-order valence-corrected chi connectivity index (χ1v) is 12.5. The average molecular weight is 449 g/mol. The normalized spacial score (nSPS) is 12.0. The molecule has 3 aromatic rings. The molecule has 0 aliphatic carbocycles. The van der Waals surface area contributed by atoms with Crippen molar-refractivity contribution in [3.63, 3.8) is 0 Å². The first kappa shape index (κ1) is 24.9. The van der Waals surface area contributed by atoms with Gasteiger partial charge in [-0.2, -0.15) is 0 Å². The summed E-state index contributed by atoms with van der Waals surface area (Å²) in [6.07, 6.45) is 13.8. The van der Waals surface area contributed by atoms with Crippen molar-refractivity contribution in [3.05, 3.63) is 66.5 Å². The minimum absolute atomic E-state index is 0.0822.